The summed E-state index contributed by atoms with van der Waals surface area (Å²) in [5, 5.41) is 9.80. The van der Waals surface area contributed by atoms with E-state index in [0.717, 1.165) is 55.2 Å². The van der Waals surface area contributed by atoms with E-state index in [1.165, 1.54) is 0 Å². The van der Waals surface area contributed by atoms with Crippen LogP contribution in [0.2, 0.25) is 0 Å². The highest BCUT2D eigenvalue weighted by atomic mass is 16.4. The number of aromatic nitrogens is 2. The maximum Gasteiger partial charge on any atom is 0.325 e. The normalized spacial score (nSPS) is 17.6. The average Bonchev–Trinajstić information content (AvgIpc) is 2.93. The zero-order chi connectivity index (χ0) is 18.0. The van der Waals surface area contributed by atoms with Gasteiger partial charge in [0, 0.05) is 45.6 Å². The van der Waals surface area contributed by atoms with E-state index in [1.807, 2.05) is 50.0 Å². The third-order valence-corrected chi connectivity index (χ3v) is 4.85. The lowest BCUT2D eigenvalue weighted by Crippen LogP contribution is -2.49. The summed E-state index contributed by atoms with van der Waals surface area (Å²) in [5.41, 5.74) is 3.09. The highest BCUT2D eigenvalue weighted by Gasteiger charge is 2.30. The number of carboxylic acids is 1. The maximum absolute atomic E-state index is 11.9. The van der Waals surface area contributed by atoms with Crippen molar-refractivity contribution in [3.8, 4) is 0 Å². The van der Waals surface area contributed by atoms with Gasteiger partial charge in [0.2, 0.25) is 0 Å². The molecule has 1 aliphatic rings. The molecular formula is C19H26N4O2. The molecule has 0 spiro atoms. The Labute approximate surface area is 148 Å². The van der Waals surface area contributed by atoms with Gasteiger partial charge < -0.3 is 9.67 Å². The fourth-order valence-corrected chi connectivity index (χ4v) is 3.61. The van der Waals surface area contributed by atoms with Crippen LogP contribution in [0.25, 0.3) is 0 Å². The first-order valence-electron chi connectivity index (χ1n) is 8.67. The van der Waals surface area contributed by atoms with E-state index in [9.17, 15) is 9.90 Å². The van der Waals surface area contributed by atoms with Crippen LogP contribution in [-0.4, -0.2) is 56.6 Å². The molecule has 6 nitrogen and oxygen atoms in total. The number of aryl methyl sites for hydroxylation is 3. The third kappa shape index (κ3) is 4.08. The second-order valence-electron chi connectivity index (χ2n) is 6.93. The highest BCUT2D eigenvalue weighted by Crippen LogP contribution is 2.25. The van der Waals surface area contributed by atoms with E-state index in [-0.39, 0.29) is 0 Å². The molecule has 2 heterocycles. The van der Waals surface area contributed by atoms with Gasteiger partial charge in [-0.2, -0.15) is 0 Å². The predicted octanol–water partition coefficient (Wildman–Crippen LogP) is 1.98. The summed E-state index contributed by atoms with van der Waals surface area (Å²) in [7, 11) is 2.00. The standard InChI is InChI=1S/C19H26N4O2/c1-14-10-15(2)12-16(11-14)18(19(24)25)23-8-6-22(7-9-23)13-17-20-4-5-21(17)3/h4-5,10-12,18H,6-9,13H2,1-3H3,(H,24,25). The summed E-state index contributed by atoms with van der Waals surface area (Å²) in [5.74, 6) is 0.264. The molecule has 25 heavy (non-hydrogen) atoms. The summed E-state index contributed by atoms with van der Waals surface area (Å²) in [6.45, 7) is 8.02. The summed E-state index contributed by atoms with van der Waals surface area (Å²) >= 11 is 0. The van der Waals surface area contributed by atoms with Gasteiger partial charge in [-0.1, -0.05) is 29.3 Å². The van der Waals surface area contributed by atoms with Crippen LogP contribution in [0.15, 0.2) is 30.6 Å². The van der Waals surface area contributed by atoms with Crippen molar-refractivity contribution in [2.24, 2.45) is 7.05 Å². The lowest BCUT2D eigenvalue weighted by molar-refractivity contribution is -0.144. The molecule has 0 bridgehead atoms. The van der Waals surface area contributed by atoms with Gasteiger partial charge in [-0.05, 0) is 19.4 Å². The van der Waals surface area contributed by atoms with E-state index in [2.05, 4.69) is 20.9 Å². The van der Waals surface area contributed by atoms with E-state index < -0.39 is 12.0 Å². The van der Waals surface area contributed by atoms with Gasteiger partial charge in [-0.15, -0.1) is 0 Å². The van der Waals surface area contributed by atoms with Crippen LogP contribution in [0.1, 0.15) is 28.6 Å². The van der Waals surface area contributed by atoms with Crippen molar-refractivity contribution < 1.29 is 9.90 Å². The number of carbonyl (C=O) groups is 1. The molecule has 0 saturated carbocycles. The lowest BCUT2D eigenvalue weighted by Gasteiger charge is -2.37. The Morgan fingerprint density at radius 1 is 1.16 bits per heavy atom. The number of rotatable bonds is 5. The number of benzene rings is 1. The molecule has 1 atom stereocenters. The molecule has 0 amide bonds. The van der Waals surface area contributed by atoms with Gasteiger partial charge in [-0.25, -0.2) is 4.98 Å². The molecule has 1 aromatic heterocycles. The summed E-state index contributed by atoms with van der Waals surface area (Å²) in [6.07, 6.45) is 3.76. The van der Waals surface area contributed by atoms with Gasteiger partial charge in [0.25, 0.3) is 0 Å². The van der Waals surface area contributed by atoms with Gasteiger partial charge in [0.15, 0.2) is 0 Å². The lowest BCUT2D eigenvalue weighted by atomic mass is 9.99. The number of hydrogen-bond donors (Lipinski definition) is 1. The first kappa shape index (κ1) is 17.6. The van der Waals surface area contributed by atoms with Crippen molar-refractivity contribution in [2.75, 3.05) is 26.2 Å². The van der Waals surface area contributed by atoms with E-state index in [0.29, 0.717) is 0 Å². The van der Waals surface area contributed by atoms with Crippen molar-refractivity contribution in [3.63, 3.8) is 0 Å². The molecule has 6 heteroatoms. The van der Waals surface area contributed by atoms with Gasteiger partial charge in [0.1, 0.15) is 11.9 Å². The van der Waals surface area contributed by atoms with Crippen molar-refractivity contribution in [3.05, 3.63) is 53.1 Å². The number of nitrogens with zero attached hydrogens (tertiary/aromatic N) is 4. The van der Waals surface area contributed by atoms with Crippen LogP contribution in [0.3, 0.4) is 0 Å². The molecule has 1 unspecified atom stereocenters. The second kappa shape index (κ2) is 7.37. The van der Waals surface area contributed by atoms with Crippen molar-refractivity contribution >= 4 is 5.97 Å². The van der Waals surface area contributed by atoms with Crippen LogP contribution in [0, 0.1) is 13.8 Å². The van der Waals surface area contributed by atoms with Crippen molar-refractivity contribution in [1.29, 1.82) is 0 Å². The number of aliphatic carboxylic acids is 1. The average molecular weight is 342 g/mol. The Hall–Kier alpha value is -2.18. The molecule has 1 aromatic carbocycles. The van der Waals surface area contributed by atoms with E-state index in [4.69, 9.17) is 0 Å². The molecule has 1 N–H and O–H groups in total. The number of carboxylic acid groups (broad SMARTS) is 1. The zero-order valence-corrected chi connectivity index (χ0v) is 15.1. The summed E-state index contributed by atoms with van der Waals surface area (Å²) in [4.78, 5) is 20.7. The van der Waals surface area contributed by atoms with Gasteiger partial charge in [-0.3, -0.25) is 14.6 Å². The Kier molecular flexibility index (Phi) is 5.20. The Bertz CT molecular complexity index is 727. The quantitative estimate of drug-likeness (QED) is 0.900. The number of imidazole rings is 1. The smallest absolute Gasteiger partial charge is 0.325 e. The molecule has 134 valence electrons. The summed E-state index contributed by atoms with van der Waals surface area (Å²) < 4.78 is 2.03. The van der Waals surface area contributed by atoms with E-state index in [1.54, 1.807) is 0 Å². The Morgan fingerprint density at radius 2 is 1.80 bits per heavy atom. The molecule has 2 aromatic rings. The minimum absolute atomic E-state index is 0.575. The fourth-order valence-electron chi connectivity index (χ4n) is 3.61. The largest absolute Gasteiger partial charge is 0.480 e. The molecule has 1 fully saturated rings. The fraction of sp³-hybridized carbons (Fsp3) is 0.474. The Balaban J connectivity index is 1.68. The van der Waals surface area contributed by atoms with Crippen LogP contribution in [-0.2, 0) is 18.4 Å². The summed E-state index contributed by atoms with van der Waals surface area (Å²) in [6, 6.07) is 5.49. The van der Waals surface area contributed by atoms with Crippen LogP contribution < -0.4 is 0 Å². The van der Waals surface area contributed by atoms with Gasteiger partial charge in [0.05, 0.1) is 6.54 Å². The molecule has 0 radical (unpaired) electrons. The van der Waals surface area contributed by atoms with Crippen LogP contribution in [0.4, 0.5) is 0 Å². The first-order valence-corrected chi connectivity index (χ1v) is 8.67. The van der Waals surface area contributed by atoms with E-state index >= 15 is 0 Å². The highest BCUT2D eigenvalue weighted by molar-refractivity contribution is 5.75. The second-order valence-corrected chi connectivity index (χ2v) is 6.93. The predicted molar refractivity (Wildman–Crippen MR) is 96.4 cm³/mol. The maximum atomic E-state index is 11.9. The van der Waals surface area contributed by atoms with Crippen LogP contribution >= 0.6 is 0 Å². The van der Waals surface area contributed by atoms with Gasteiger partial charge >= 0.3 is 5.97 Å². The Morgan fingerprint density at radius 3 is 2.32 bits per heavy atom. The first-order chi connectivity index (χ1) is 11.9. The minimum atomic E-state index is -0.775. The third-order valence-electron chi connectivity index (χ3n) is 4.85. The number of piperazine rings is 1. The molecule has 1 saturated heterocycles. The molecule has 1 aliphatic heterocycles. The number of hydrogen-bond acceptors (Lipinski definition) is 4. The molecular weight excluding hydrogens is 316 g/mol. The monoisotopic (exact) mass is 342 g/mol. The SMILES string of the molecule is Cc1cc(C)cc(C(C(=O)O)N2CCN(Cc3nccn3C)CC2)c1. The van der Waals surface area contributed by atoms with Crippen LogP contribution in [0.5, 0.6) is 0 Å². The zero-order valence-electron chi connectivity index (χ0n) is 15.1. The topological polar surface area (TPSA) is 61.6 Å². The molecule has 3 rings (SSSR count). The van der Waals surface area contributed by atoms with Crippen molar-refractivity contribution in [2.45, 2.75) is 26.4 Å². The molecule has 0 aliphatic carbocycles. The minimum Gasteiger partial charge on any atom is -0.480 e. The van der Waals surface area contributed by atoms with Crippen molar-refractivity contribution in [1.82, 2.24) is 19.4 Å².